The number of nitrogens with zero attached hydrogens (tertiary/aromatic N) is 1. The summed E-state index contributed by atoms with van der Waals surface area (Å²) in [7, 11) is -0.132. The summed E-state index contributed by atoms with van der Waals surface area (Å²) in [6, 6.07) is 0.375. The van der Waals surface area contributed by atoms with Crippen molar-refractivity contribution in [2.24, 2.45) is 11.7 Å². The number of nitrogens with two attached hydrogens (primary N) is 1. The van der Waals surface area contributed by atoms with Gasteiger partial charge in [0.2, 0.25) is 6.03 Å². The van der Waals surface area contributed by atoms with Crippen molar-refractivity contribution in [2.75, 3.05) is 20.3 Å². The lowest BCUT2D eigenvalue weighted by Crippen LogP contribution is -2.31. The third kappa shape index (κ3) is 2.98. The maximum absolute atomic E-state index is 12.0. The van der Waals surface area contributed by atoms with Crippen molar-refractivity contribution in [3.05, 3.63) is 12.7 Å². The SMILES string of the molecule is C=CC1CC1(N)CP(=O)(C=O)ON(C)C. The maximum Gasteiger partial charge on any atom is 0.281 e. The molecule has 0 aromatic heterocycles. The summed E-state index contributed by atoms with van der Waals surface area (Å²) in [6.07, 6.45) is 2.52. The van der Waals surface area contributed by atoms with Crippen LogP contribution in [0.5, 0.6) is 0 Å². The Bertz CT molecular complexity index is 318. The maximum atomic E-state index is 12.0. The van der Waals surface area contributed by atoms with Crippen molar-refractivity contribution in [1.82, 2.24) is 5.06 Å². The average molecular weight is 232 g/mol. The zero-order valence-electron chi connectivity index (χ0n) is 9.05. The predicted octanol–water partition coefficient (Wildman–Crippen LogP) is 0.851. The predicted molar refractivity (Wildman–Crippen MR) is 59.2 cm³/mol. The first kappa shape index (κ1) is 12.6. The fourth-order valence-corrected chi connectivity index (χ4v) is 3.53. The molecule has 1 fully saturated rings. The Kier molecular flexibility index (Phi) is 3.51. The van der Waals surface area contributed by atoms with Gasteiger partial charge in [-0.05, 0) is 12.3 Å². The number of rotatable bonds is 6. The molecular formula is C9H17N2O3P. The summed E-state index contributed by atoms with van der Waals surface area (Å²) in [5, 5.41) is 1.27. The molecule has 86 valence electrons. The monoisotopic (exact) mass is 232 g/mol. The molecule has 0 spiro atoms. The Morgan fingerprint density at radius 1 is 1.73 bits per heavy atom. The van der Waals surface area contributed by atoms with Gasteiger partial charge >= 0.3 is 0 Å². The molecule has 3 unspecified atom stereocenters. The van der Waals surface area contributed by atoms with Gasteiger partial charge in [-0.15, -0.1) is 6.58 Å². The van der Waals surface area contributed by atoms with Crippen LogP contribution in [0.25, 0.3) is 0 Å². The lowest BCUT2D eigenvalue weighted by molar-refractivity contribution is 0.00295. The number of hydroxylamine groups is 2. The molecular weight excluding hydrogens is 215 g/mol. The Labute approximate surface area is 89.7 Å². The van der Waals surface area contributed by atoms with Gasteiger partial charge in [0.1, 0.15) is 0 Å². The first-order chi connectivity index (χ1) is 6.85. The third-order valence-corrected chi connectivity index (χ3v) is 4.39. The summed E-state index contributed by atoms with van der Waals surface area (Å²) < 4.78 is 17.0. The van der Waals surface area contributed by atoms with E-state index in [9.17, 15) is 9.36 Å². The number of hydrogen-bond donors (Lipinski definition) is 1. The van der Waals surface area contributed by atoms with Gasteiger partial charge in [-0.3, -0.25) is 9.36 Å². The lowest BCUT2D eigenvalue weighted by Gasteiger charge is -2.20. The molecule has 3 atom stereocenters. The Morgan fingerprint density at radius 3 is 2.67 bits per heavy atom. The summed E-state index contributed by atoms with van der Waals surface area (Å²) in [6.45, 7) is 3.63. The zero-order valence-corrected chi connectivity index (χ0v) is 9.94. The minimum absolute atomic E-state index is 0.0817. The second kappa shape index (κ2) is 4.18. The molecule has 0 bridgehead atoms. The van der Waals surface area contributed by atoms with Crippen LogP contribution in [-0.4, -0.2) is 36.9 Å². The van der Waals surface area contributed by atoms with E-state index in [2.05, 4.69) is 6.58 Å². The standard InChI is InChI=1S/C9H17N2O3P/c1-4-8-5-9(8,10)6-15(13,7-12)14-11(2)3/h4,7-8H,1,5-6,10H2,2-3H3. The van der Waals surface area contributed by atoms with Crippen molar-refractivity contribution >= 4 is 13.4 Å². The van der Waals surface area contributed by atoms with Gasteiger partial charge in [-0.1, -0.05) is 6.08 Å². The van der Waals surface area contributed by atoms with Crippen LogP contribution in [0.2, 0.25) is 0 Å². The van der Waals surface area contributed by atoms with Crippen LogP contribution in [0, 0.1) is 5.92 Å². The van der Waals surface area contributed by atoms with Crippen molar-refractivity contribution in [1.29, 1.82) is 0 Å². The molecule has 2 N–H and O–H groups in total. The van der Waals surface area contributed by atoms with Gasteiger partial charge < -0.3 is 5.73 Å². The highest BCUT2D eigenvalue weighted by Gasteiger charge is 2.53. The van der Waals surface area contributed by atoms with Crippen molar-refractivity contribution in [3.63, 3.8) is 0 Å². The molecule has 0 radical (unpaired) electrons. The van der Waals surface area contributed by atoms with Gasteiger partial charge in [0, 0.05) is 19.6 Å². The third-order valence-electron chi connectivity index (χ3n) is 2.44. The topological polar surface area (TPSA) is 72.6 Å². The van der Waals surface area contributed by atoms with Gasteiger partial charge in [0.15, 0.2) is 0 Å². The summed E-state index contributed by atoms with van der Waals surface area (Å²) in [5.74, 6) is 0.136. The second-order valence-corrected chi connectivity index (χ2v) is 6.31. The van der Waals surface area contributed by atoms with Crippen LogP contribution in [-0.2, 0) is 14.0 Å². The highest BCUT2D eigenvalue weighted by atomic mass is 31.2. The molecule has 0 aromatic rings. The molecule has 0 saturated heterocycles. The molecule has 1 saturated carbocycles. The van der Waals surface area contributed by atoms with E-state index in [1.807, 2.05) is 0 Å². The van der Waals surface area contributed by atoms with Gasteiger partial charge in [-0.25, -0.2) is 4.62 Å². The summed E-state index contributed by atoms with van der Waals surface area (Å²) in [5.41, 5.74) is 5.36. The van der Waals surface area contributed by atoms with E-state index in [4.69, 9.17) is 10.4 Å². The van der Waals surface area contributed by atoms with Gasteiger partial charge in [0.25, 0.3) is 7.37 Å². The Balaban J connectivity index is 2.66. The van der Waals surface area contributed by atoms with Gasteiger partial charge in [0.05, 0.1) is 6.16 Å². The van der Waals surface area contributed by atoms with Crippen molar-refractivity contribution < 1.29 is 14.0 Å². The highest BCUT2D eigenvalue weighted by molar-refractivity contribution is 7.73. The smallest absolute Gasteiger partial charge is 0.281 e. The first-order valence-electron chi connectivity index (χ1n) is 4.69. The molecule has 1 aliphatic rings. The number of carbonyl (C=O) groups is 1. The molecule has 0 heterocycles. The van der Waals surface area contributed by atoms with Crippen LogP contribution in [0.15, 0.2) is 12.7 Å². The van der Waals surface area contributed by atoms with Crippen LogP contribution in [0.3, 0.4) is 0 Å². The van der Waals surface area contributed by atoms with E-state index >= 15 is 0 Å². The molecule has 5 nitrogen and oxygen atoms in total. The van der Waals surface area contributed by atoms with Gasteiger partial charge in [-0.2, -0.15) is 5.06 Å². The van der Waals surface area contributed by atoms with Crippen LogP contribution in [0.4, 0.5) is 0 Å². The minimum atomic E-state index is -3.29. The zero-order chi connectivity index (χ0) is 11.7. The molecule has 1 aliphatic carbocycles. The average Bonchev–Trinajstić information content (AvgIpc) is 2.74. The highest BCUT2D eigenvalue weighted by Crippen LogP contribution is 2.55. The Morgan fingerprint density at radius 2 is 2.33 bits per heavy atom. The fourth-order valence-electron chi connectivity index (χ4n) is 1.62. The van der Waals surface area contributed by atoms with Crippen LogP contribution in [0.1, 0.15) is 6.42 Å². The van der Waals surface area contributed by atoms with E-state index in [1.165, 1.54) is 5.06 Å². The number of hydrogen-bond acceptors (Lipinski definition) is 5. The van der Waals surface area contributed by atoms with E-state index in [1.54, 1.807) is 20.2 Å². The van der Waals surface area contributed by atoms with E-state index in [0.717, 1.165) is 0 Å². The largest absolute Gasteiger partial charge is 0.324 e. The lowest BCUT2D eigenvalue weighted by atomic mass is 10.2. The summed E-state index contributed by atoms with van der Waals surface area (Å²) >= 11 is 0. The van der Waals surface area contributed by atoms with Crippen molar-refractivity contribution in [3.8, 4) is 0 Å². The molecule has 0 aromatic carbocycles. The quantitative estimate of drug-likeness (QED) is 0.318. The summed E-state index contributed by atoms with van der Waals surface area (Å²) in [4.78, 5) is 10.8. The fraction of sp³-hybridized carbons (Fsp3) is 0.667. The normalized spacial score (nSPS) is 33.5. The molecule has 1 rings (SSSR count). The molecule has 15 heavy (non-hydrogen) atoms. The van der Waals surface area contributed by atoms with E-state index in [-0.39, 0.29) is 12.1 Å². The second-order valence-electron chi connectivity index (χ2n) is 4.16. The Hall–Kier alpha value is -0.480. The van der Waals surface area contributed by atoms with E-state index in [0.29, 0.717) is 12.4 Å². The minimum Gasteiger partial charge on any atom is -0.324 e. The molecule has 6 heteroatoms. The number of carbonyl (C=O) groups excluding carboxylic acids is 1. The van der Waals surface area contributed by atoms with Crippen LogP contribution < -0.4 is 5.73 Å². The van der Waals surface area contributed by atoms with E-state index < -0.39 is 12.9 Å². The van der Waals surface area contributed by atoms with Crippen LogP contribution >= 0.6 is 7.37 Å². The molecule has 0 aliphatic heterocycles. The van der Waals surface area contributed by atoms with Crippen molar-refractivity contribution in [2.45, 2.75) is 12.0 Å². The molecule has 0 amide bonds. The first-order valence-corrected chi connectivity index (χ1v) is 6.57.